The van der Waals surface area contributed by atoms with Gasteiger partial charge >= 0.3 is 6.09 Å². The Balaban J connectivity index is 1.22. The minimum Gasteiger partial charge on any atom is -0.444 e. The second-order valence-electron chi connectivity index (χ2n) is 11.4. The lowest BCUT2D eigenvalue weighted by Crippen LogP contribution is -2.41. The first-order chi connectivity index (χ1) is 18.6. The van der Waals surface area contributed by atoms with Crippen molar-refractivity contribution in [1.29, 1.82) is 0 Å². The van der Waals surface area contributed by atoms with Gasteiger partial charge in [-0.1, -0.05) is 19.3 Å². The first-order valence-electron chi connectivity index (χ1n) is 13.8. The molecule has 2 aromatic heterocycles. The highest BCUT2D eigenvalue weighted by Gasteiger charge is 2.28. The summed E-state index contributed by atoms with van der Waals surface area (Å²) in [6.45, 7) is 8.64. The molecule has 0 aliphatic carbocycles. The molecular formula is C28H38ClFN6O3. The van der Waals surface area contributed by atoms with E-state index in [-0.39, 0.29) is 17.2 Å². The van der Waals surface area contributed by atoms with Crippen molar-refractivity contribution in [3.8, 4) is 0 Å². The van der Waals surface area contributed by atoms with Crippen LogP contribution in [-0.4, -0.2) is 63.6 Å². The monoisotopic (exact) mass is 560 g/mol. The van der Waals surface area contributed by atoms with E-state index in [4.69, 9.17) is 16.3 Å². The number of nitrogens with zero attached hydrogens (tertiary/aromatic N) is 5. The van der Waals surface area contributed by atoms with Crippen molar-refractivity contribution in [3.63, 3.8) is 0 Å². The molecule has 4 heterocycles. The van der Waals surface area contributed by atoms with Gasteiger partial charge in [-0.25, -0.2) is 19.7 Å². The van der Waals surface area contributed by atoms with Crippen LogP contribution in [0.2, 0.25) is 5.28 Å². The largest absolute Gasteiger partial charge is 0.444 e. The van der Waals surface area contributed by atoms with Crippen LogP contribution in [0.3, 0.4) is 0 Å². The average Bonchev–Trinajstić information content (AvgIpc) is 2.88. The summed E-state index contributed by atoms with van der Waals surface area (Å²) in [6, 6.07) is 4.18. The fraction of sp³-hybridized carbons (Fsp3) is 0.607. The lowest BCUT2D eigenvalue weighted by atomic mass is 9.87. The summed E-state index contributed by atoms with van der Waals surface area (Å²) in [4.78, 5) is 40.9. The zero-order valence-electron chi connectivity index (χ0n) is 23.0. The molecule has 1 N–H and O–H groups in total. The lowest BCUT2D eigenvalue weighted by molar-refractivity contribution is 0.0180. The normalized spacial score (nSPS) is 17.3. The number of hydrogen-bond acceptors (Lipinski definition) is 7. The third-order valence-electron chi connectivity index (χ3n) is 7.36. The molecule has 0 spiro atoms. The summed E-state index contributed by atoms with van der Waals surface area (Å²) in [5, 5.41) is 2.72. The van der Waals surface area contributed by atoms with Gasteiger partial charge in [-0.05, 0) is 88.1 Å². The maximum atomic E-state index is 14.1. The number of carbonyl (C=O) groups is 2. The maximum Gasteiger partial charge on any atom is 0.410 e. The molecule has 2 aromatic rings. The van der Waals surface area contributed by atoms with Gasteiger partial charge in [-0.15, -0.1) is 0 Å². The van der Waals surface area contributed by atoms with Crippen molar-refractivity contribution in [2.75, 3.05) is 36.4 Å². The summed E-state index contributed by atoms with van der Waals surface area (Å²) in [7, 11) is 0. The highest BCUT2D eigenvalue weighted by Crippen LogP contribution is 2.30. The van der Waals surface area contributed by atoms with Crippen LogP contribution in [0.15, 0.2) is 24.4 Å². The quantitative estimate of drug-likeness (QED) is 0.330. The van der Waals surface area contributed by atoms with Crippen LogP contribution >= 0.6 is 11.6 Å². The van der Waals surface area contributed by atoms with Crippen molar-refractivity contribution in [3.05, 3.63) is 41.2 Å². The Morgan fingerprint density at radius 1 is 1.03 bits per heavy atom. The van der Waals surface area contributed by atoms with Gasteiger partial charge in [0.2, 0.25) is 11.2 Å². The van der Waals surface area contributed by atoms with E-state index in [2.05, 4.69) is 20.3 Å². The number of pyridine rings is 1. The van der Waals surface area contributed by atoms with Crippen LogP contribution in [0.5, 0.6) is 0 Å². The first kappa shape index (κ1) is 29.0. The van der Waals surface area contributed by atoms with Crippen LogP contribution < -0.4 is 10.2 Å². The molecule has 2 saturated heterocycles. The molecule has 0 saturated carbocycles. The molecule has 0 aromatic carbocycles. The minimum absolute atomic E-state index is 0.0265. The molecule has 11 heteroatoms. The van der Waals surface area contributed by atoms with E-state index in [9.17, 15) is 14.0 Å². The van der Waals surface area contributed by atoms with Gasteiger partial charge in [-0.2, -0.15) is 4.39 Å². The molecule has 2 amide bonds. The van der Waals surface area contributed by atoms with Crippen LogP contribution in [0.1, 0.15) is 76.1 Å². The van der Waals surface area contributed by atoms with Crippen molar-refractivity contribution in [1.82, 2.24) is 19.9 Å². The van der Waals surface area contributed by atoms with Gasteiger partial charge in [0.25, 0.3) is 5.91 Å². The zero-order chi connectivity index (χ0) is 28.0. The smallest absolute Gasteiger partial charge is 0.410 e. The number of hydrogen-bond donors (Lipinski definition) is 1. The maximum absolute atomic E-state index is 14.1. The van der Waals surface area contributed by atoms with Crippen molar-refractivity contribution in [2.24, 2.45) is 11.8 Å². The molecule has 0 radical (unpaired) electrons. The van der Waals surface area contributed by atoms with E-state index in [1.807, 2.05) is 30.6 Å². The average molecular weight is 561 g/mol. The molecule has 0 bridgehead atoms. The van der Waals surface area contributed by atoms with Crippen molar-refractivity contribution in [2.45, 2.75) is 71.3 Å². The first-order valence-corrected chi connectivity index (χ1v) is 14.1. The Morgan fingerprint density at radius 3 is 2.28 bits per heavy atom. The summed E-state index contributed by atoms with van der Waals surface area (Å²) in [5.74, 6) is 0.814. The van der Waals surface area contributed by atoms with Gasteiger partial charge < -0.3 is 19.9 Å². The lowest BCUT2D eigenvalue weighted by Gasteiger charge is -2.35. The van der Waals surface area contributed by atoms with Crippen molar-refractivity contribution >= 4 is 35.2 Å². The summed E-state index contributed by atoms with van der Waals surface area (Å²) in [6.07, 6.45) is 8.71. The molecule has 212 valence electrons. The number of aromatic nitrogens is 3. The van der Waals surface area contributed by atoms with Crippen molar-refractivity contribution < 1.29 is 18.7 Å². The third-order valence-corrected chi connectivity index (χ3v) is 7.54. The summed E-state index contributed by atoms with van der Waals surface area (Å²) < 4.78 is 19.6. The van der Waals surface area contributed by atoms with E-state index in [0.29, 0.717) is 23.2 Å². The van der Waals surface area contributed by atoms with Crippen LogP contribution in [0.4, 0.5) is 20.8 Å². The standard InChI is InChI=1S/C28H38ClFN6O3/c1-28(2,3)39-27(38)36-17-12-20(13-18-36)6-4-5-19-10-15-35(16-11-19)24-21(7-8-22(30)32-24)25(37)33-23-9-14-31-26(29)34-23/h7-9,14,19-20H,4-6,10-13,15-18H2,1-3H3,(H,31,33,34,37). The SMILES string of the molecule is CC(C)(C)OC(=O)N1CCC(CCCC2CCN(c3nc(F)ccc3C(=O)Nc3ccnc(Cl)n3)CC2)CC1. The van der Waals surface area contributed by atoms with E-state index in [0.717, 1.165) is 64.7 Å². The summed E-state index contributed by atoms with van der Waals surface area (Å²) >= 11 is 5.82. The molecule has 39 heavy (non-hydrogen) atoms. The predicted octanol–water partition coefficient (Wildman–Crippen LogP) is 5.95. The number of carbonyl (C=O) groups excluding carboxylic acids is 2. The number of halogens is 2. The number of likely N-dealkylation sites (tertiary alicyclic amines) is 1. The molecular weight excluding hydrogens is 523 g/mol. The molecule has 4 rings (SSSR count). The Morgan fingerprint density at radius 2 is 1.67 bits per heavy atom. The second kappa shape index (κ2) is 12.9. The van der Waals surface area contributed by atoms with E-state index in [1.54, 1.807) is 0 Å². The van der Waals surface area contributed by atoms with E-state index < -0.39 is 17.5 Å². The van der Waals surface area contributed by atoms with E-state index in [1.165, 1.54) is 30.8 Å². The van der Waals surface area contributed by atoms with Gasteiger partial charge in [0.05, 0.1) is 5.56 Å². The highest BCUT2D eigenvalue weighted by atomic mass is 35.5. The number of nitrogens with one attached hydrogen (secondary N) is 1. The molecule has 2 aliphatic heterocycles. The van der Waals surface area contributed by atoms with Gasteiger partial charge in [-0.3, -0.25) is 4.79 Å². The summed E-state index contributed by atoms with van der Waals surface area (Å²) in [5.41, 5.74) is -0.170. The Bertz CT molecular complexity index is 1140. The number of anilines is 2. The molecule has 0 unspecified atom stereocenters. The second-order valence-corrected chi connectivity index (χ2v) is 11.8. The van der Waals surface area contributed by atoms with Crippen LogP contribution in [0, 0.1) is 17.8 Å². The minimum atomic E-state index is -0.619. The van der Waals surface area contributed by atoms with Gasteiger partial charge in [0, 0.05) is 32.4 Å². The number of ether oxygens (including phenoxy) is 1. The number of amides is 2. The topological polar surface area (TPSA) is 101 Å². The van der Waals surface area contributed by atoms with Gasteiger partial charge in [0.15, 0.2) is 0 Å². The molecule has 2 aliphatic rings. The molecule has 2 fully saturated rings. The zero-order valence-corrected chi connectivity index (χ0v) is 23.7. The Hall–Kier alpha value is -3.01. The Kier molecular flexibility index (Phi) is 9.58. The predicted molar refractivity (Wildman–Crippen MR) is 149 cm³/mol. The fourth-order valence-corrected chi connectivity index (χ4v) is 5.44. The number of piperidine rings is 2. The molecule has 9 nitrogen and oxygen atoms in total. The van der Waals surface area contributed by atoms with Crippen LogP contribution in [0.25, 0.3) is 0 Å². The van der Waals surface area contributed by atoms with E-state index >= 15 is 0 Å². The van der Waals surface area contributed by atoms with Crippen LogP contribution in [-0.2, 0) is 4.74 Å². The highest BCUT2D eigenvalue weighted by molar-refractivity contribution is 6.28. The fourth-order valence-electron chi connectivity index (χ4n) is 5.29. The number of rotatable bonds is 7. The third kappa shape index (κ3) is 8.49. The van der Waals surface area contributed by atoms with Gasteiger partial charge in [0.1, 0.15) is 17.2 Å². The molecule has 0 atom stereocenters. The Labute approximate surface area is 234 Å².